The standard InChI is InChI=1S/C13H18N4OS/c1-3-8-4-5-17(7-8)13-10(12(18)16-2)11(15)9(6-14)19-13/h8H,3-5,7,15H2,1-2H3,(H,16,18). The lowest BCUT2D eigenvalue weighted by molar-refractivity contribution is 0.0965. The van der Waals surface area contributed by atoms with E-state index in [1.807, 2.05) is 0 Å². The number of anilines is 2. The Hall–Kier alpha value is -1.74. The highest BCUT2D eigenvalue weighted by Crippen LogP contribution is 2.40. The fourth-order valence-electron chi connectivity index (χ4n) is 2.43. The number of hydrogen-bond donors (Lipinski definition) is 2. The van der Waals surface area contributed by atoms with Crippen LogP contribution in [0.1, 0.15) is 35.0 Å². The van der Waals surface area contributed by atoms with Crippen LogP contribution in [-0.2, 0) is 0 Å². The van der Waals surface area contributed by atoms with Crippen molar-refractivity contribution >= 4 is 27.9 Å². The third kappa shape index (κ3) is 2.38. The molecule has 19 heavy (non-hydrogen) atoms. The third-order valence-corrected chi connectivity index (χ3v) is 4.80. The normalized spacial score (nSPS) is 18.4. The molecule has 0 aromatic carbocycles. The van der Waals surface area contributed by atoms with Crippen LogP contribution in [0.25, 0.3) is 0 Å². The lowest BCUT2D eigenvalue weighted by Gasteiger charge is -2.18. The van der Waals surface area contributed by atoms with E-state index in [0.717, 1.165) is 30.9 Å². The van der Waals surface area contributed by atoms with E-state index in [9.17, 15) is 4.79 Å². The molecule has 1 fully saturated rings. The first kappa shape index (κ1) is 13.7. The predicted octanol–water partition coefficient (Wildman–Crippen LogP) is 1.80. The Morgan fingerprint density at radius 2 is 2.42 bits per heavy atom. The fraction of sp³-hybridized carbons (Fsp3) is 0.538. The number of nitriles is 1. The summed E-state index contributed by atoms with van der Waals surface area (Å²) in [5.41, 5.74) is 6.69. The summed E-state index contributed by atoms with van der Waals surface area (Å²) in [7, 11) is 1.58. The van der Waals surface area contributed by atoms with Gasteiger partial charge in [-0.15, -0.1) is 11.3 Å². The fourth-order valence-corrected chi connectivity index (χ4v) is 3.48. The van der Waals surface area contributed by atoms with Gasteiger partial charge in [0, 0.05) is 20.1 Å². The van der Waals surface area contributed by atoms with Crippen LogP contribution in [-0.4, -0.2) is 26.0 Å². The number of nitrogens with one attached hydrogen (secondary N) is 1. The number of carbonyl (C=O) groups is 1. The lowest BCUT2D eigenvalue weighted by atomic mass is 10.1. The van der Waals surface area contributed by atoms with Crippen molar-refractivity contribution in [3.8, 4) is 6.07 Å². The molecule has 6 heteroatoms. The highest BCUT2D eigenvalue weighted by Gasteiger charge is 2.29. The van der Waals surface area contributed by atoms with E-state index in [0.29, 0.717) is 22.0 Å². The molecule has 1 aromatic rings. The monoisotopic (exact) mass is 278 g/mol. The Morgan fingerprint density at radius 1 is 1.68 bits per heavy atom. The van der Waals surface area contributed by atoms with Gasteiger partial charge in [0.05, 0.1) is 11.3 Å². The van der Waals surface area contributed by atoms with E-state index in [2.05, 4.69) is 23.2 Å². The summed E-state index contributed by atoms with van der Waals surface area (Å²) in [4.78, 5) is 14.6. The van der Waals surface area contributed by atoms with Crippen molar-refractivity contribution in [1.29, 1.82) is 5.26 Å². The van der Waals surface area contributed by atoms with Crippen molar-refractivity contribution in [1.82, 2.24) is 5.32 Å². The Morgan fingerprint density at radius 3 is 2.95 bits per heavy atom. The summed E-state index contributed by atoms with van der Waals surface area (Å²) < 4.78 is 0. The smallest absolute Gasteiger partial charge is 0.256 e. The lowest BCUT2D eigenvalue weighted by Crippen LogP contribution is -2.25. The first-order valence-corrected chi connectivity index (χ1v) is 7.23. The zero-order valence-corrected chi connectivity index (χ0v) is 12.0. The van der Waals surface area contributed by atoms with Crippen molar-refractivity contribution < 1.29 is 4.79 Å². The molecule has 0 spiro atoms. The molecule has 1 aliphatic heterocycles. The molecule has 3 N–H and O–H groups in total. The summed E-state index contributed by atoms with van der Waals surface area (Å²) in [5, 5.41) is 12.5. The molecule has 102 valence electrons. The molecule has 0 saturated carbocycles. The van der Waals surface area contributed by atoms with Gasteiger partial charge < -0.3 is 16.0 Å². The second-order valence-corrected chi connectivity index (χ2v) is 5.72. The van der Waals surface area contributed by atoms with Crippen LogP contribution in [0.5, 0.6) is 0 Å². The average molecular weight is 278 g/mol. The molecule has 1 saturated heterocycles. The third-order valence-electron chi connectivity index (χ3n) is 3.63. The molecule has 5 nitrogen and oxygen atoms in total. The van der Waals surface area contributed by atoms with E-state index in [4.69, 9.17) is 11.0 Å². The van der Waals surface area contributed by atoms with Gasteiger partial charge in [0.15, 0.2) is 0 Å². The van der Waals surface area contributed by atoms with E-state index >= 15 is 0 Å². The van der Waals surface area contributed by atoms with E-state index in [-0.39, 0.29) is 5.91 Å². The molecule has 2 heterocycles. The van der Waals surface area contributed by atoms with Crippen LogP contribution in [0.2, 0.25) is 0 Å². The average Bonchev–Trinajstić information content (AvgIpc) is 3.01. The van der Waals surface area contributed by atoms with Gasteiger partial charge in [0.2, 0.25) is 0 Å². The number of nitrogens with two attached hydrogens (primary N) is 1. The molecule has 1 unspecified atom stereocenters. The number of amides is 1. The van der Waals surface area contributed by atoms with Gasteiger partial charge in [-0.1, -0.05) is 13.3 Å². The molecule has 0 aliphatic carbocycles. The highest BCUT2D eigenvalue weighted by atomic mass is 32.1. The van der Waals surface area contributed by atoms with Crippen LogP contribution < -0.4 is 16.0 Å². The number of hydrogen-bond acceptors (Lipinski definition) is 5. The van der Waals surface area contributed by atoms with Crippen molar-refractivity contribution in [2.45, 2.75) is 19.8 Å². The highest BCUT2D eigenvalue weighted by molar-refractivity contribution is 7.17. The van der Waals surface area contributed by atoms with Crippen LogP contribution in [0.3, 0.4) is 0 Å². The van der Waals surface area contributed by atoms with Crippen molar-refractivity contribution in [2.75, 3.05) is 30.8 Å². The molecule has 2 rings (SSSR count). The second kappa shape index (κ2) is 5.49. The Labute approximate surface area is 117 Å². The summed E-state index contributed by atoms with van der Waals surface area (Å²) in [6.07, 6.45) is 2.27. The van der Waals surface area contributed by atoms with Crippen molar-refractivity contribution in [3.63, 3.8) is 0 Å². The van der Waals surface area contributed by atoms with Gasteiger partial charge in [-0.2, -0.15) is 5.26 Å². The van der Waals surface area contributed by atoms with Crippen LogP contribution in [0.4, 0.5) is 10.7 Å². The molecular formula is C13H18N4OS. The molecule has 1 aliphatic rings. The van der Waals surface area contributed by atoms with Crippen LogP contribution in [0, 0.1) is 17.2 Å². The molecule has 1 aromatic heterocycles. The van der Waals surface area contributed by atoms with Crippen LogP contribution >= 0.6 is 11.3 Å². The Balaban J connectivity index is 2.40. The number of carbonyl (C=O) groups excluding carboxylic acids is 1. The largest absolute Gasteiger partial charge is 0.396 e. The molecule has 0 bridgehead atoms. The van der Waals surface area contributed by atoms with Gasteiger partial charge in [0.1, 0.15) is 15.9 Å². The molecule has 1 amide bonds. The summed E-state index contributed by atoms with van der Waals surface area (Å²) >= 11 is 1.32. The van der Waals surface area contributed by atoms with Crippen molar-refractivity contribution in [3.05, 3.63) is 10.4 Å². The number of nitrogen functional groups attached to an aromatic ring is 1. The summed E-state index contributed by atoms with van der Waals surface area (Å²) in [6.45, 7) is 4.04. The Kier molecular flexibility index (Phi) is 3.96. The van der Waals surface area contributed by atoms with E-state index < -0.39 is 0 Å². The SMILES string of the molecule is CCC1CCN(c2sc(C#N)c(N)c2C(=O)NC)C1. The van der Waals surface area contributed by atoms with E-state index in [1.54, 1.807) is 7.05 Å². The molecular weight excluding hydrogens is 260 g/mol. The maximum Gasteiger partial charge on any atom is 0.256 e. The summed E-state index contributed by atoms with van der Waals surface area (Å²) in [6, 6.07) is 2.07. The first-order valence-electron chi connectivity index (χ1n) is 6.41. The first-order chi connectivity index (χ1) is 9.12. The van der Waals surface area contributed by atoms with Gasteiger partial charge in [-0.3, -0.25) is 4.79 Å². The van der Waals surface area contributed by atoms with Crippen molar-refractivity contribution in [2.24, 2.45) is 5.92 Å². The minimum atomic E-state index is -0.217. The van der Waals surface area contributed by atoms with Gasteiger partial charge in [-0.25, -0.2) is 0 Å². The maximum atomic E-state index is 12.0. The topological polar surface area (TPSA) is 82.2 Å². The zero-order chi connectivity index (χ0) is 14.0. The quantitative estimate of drug-likeness (QED) is 0.883. The van der Waals surface area contributed by atoms with E-state index in [1.165, 1.54) is 11.3 Å². The second-order valence-electron chi connectivity index (χ2n) is 4.72. The zero-order valence-electron chi connectivity index (χ0n) is 11.2. The number of nitrogens with zero attached hydrogens (tertiary/aromatic N) is 2. The minimum Gasteiger partial charge on any atom is -0.396 e. The molecule has 0 radical (unpaired) electrons. The maximum absolute atomic E-state index is 12.0. The number of rotatable bonds is 3. The minimum absolute atomic E-state index is 0.217. The van der Waals surface area contributed by atoms with Gasteiger partial charge in [0.25, 0.3) is 5.91 Å². The Bertz CT molecular complexity index is 531. The molecule has 1 atom stereocenters. The predicted molar refractivity (Wildman–Crippen MR) is 77.4 cm³/mol. The summed E-state index contributed by atoms with van der Waals surface area (Å²) in [5.74, 6) is 0.441. The van der Waals surface area contributed by atoms with Gasteiger partial charge >= 0.3 is 0 Å². The van der Waals surface area contributed by atoms with Crippen LogP contribution in [0.15, 0.2) is 0 Å². The number of thiophene rings is 1. The van der Waals surface area contributed by atoms with Gasteiger partial charge in [-0.05, 0) is 12.3 Å².